The Morgan fingerprint density at radius 3 is 2.75 bits per heavy atom. The van der Waals surface area contributed by atoms with Crippen molar-refractivity contribution in [2.24, 2.45) is 5.10 Å². The second kappa shape index (κ2) is 8.61. The molecule has 0 fully saturated rings. The normalized spacial score (nSPS) is 11.7. The molecule has 0 unspecified atom stereocenters. The highest BCUT2D eigenvalue weighted by Crippen LogP contribution is 2.29. The number of nitrogens with zero attached hydrogens (tertiary/aromatic N) is 3. The van der Waals surface area contributed by atoms with Gasteiger partial charge in [0, 0.05) is 5.69 Å². The van der Waals surface area contributed by atoms with Crippen molar-refractivity contribution in [2.75, 3.05) is 16.5 Å². The Balaban J connectivity index is 1.45. The Morgan fingerprint density at radius 2 is 2.07 bits per heavy atom. The average molecular weight is 410 g/mol. The quantitative estimate of drug-likeness (QED) is 0.312. The lowest BCUT2D eigenvalue weighted by molar-refractivity contribution is -0.137. The number of thioether (sulfide) groups is 1. The van der Waals surface area contributed by atoms with Crippen molar-refractivity contribution in [2.45, 2.75) is 11.3 Å². The maximum atomic E-state index is 12.5. The molecular formula is C16H13F3N6O2S. The Hall–Kier alpha value is -3.28. The van der Waals surface area contributed by atoms with Gasteiger partial charge in [0.25, 0.3) is 0 Å². The van der Waals surface area contributed by atoms with Gasteiger partial charge in [0.15, 0.2) is 0 Å². The number of benzene rings is 1. The van der Waals surface area contributed by atoms with Gasteiger partial charge >= 0.3 is 6.18 Å². The summed E-state index contributed by atoms with van der Waals surface area (Å²) in [4.78, 5) is 16.0. The summed E-state index contributed by atoms with van der Waals surface area (Å²) in [6.07, 6.45) is -1.45. The van der Waals surface area contributed by atoms with E-state index in [0.717, 1.165) is 23.9 Å². The minimum absolute atomic E-state index is 0.0199. The number of amides is 1. The third-order valence-corrected chi connectivity index (χ3v) is 4.05. The zero-order chi connectivity index (χ0) is 20.0. The lowest BCUT2D eigenvalue weighted by Gasteiger charge is -2.08. The molecule has 0 bridgehead atoms. The molecular weight excluding hydrogens is 397 g/mol. The van der Waals surface area contributed by atoms with Crippen molar-refractivity contribution in [1.82, 2.24) is 15.2 Å². The highest BCUT2D eigenvalue weighted by Gasteiger charge is 2.29. The minimum atomic E-state index is -4.42. The number of hydrazone groups is 1. The average Bonchev–Trinajstić information content (AvgIpc) is 3.32. The molecule has 0 radical (unpaired) electrons. The summed E-state index contributed by atoms with van der Waals surface area (Å²) < 4.78 is 42.6. The molecule has 3 aromatic rings. The fourth-order valence-electron chi connectivity index (χ4n) is 1.95. The number of furan rings is 1. The molecule has 146 valence electrons. The maximum Gasteiger partial charge on any atom is 0.416 e. The van der Waals surface area contributed by atoms with E-state index in [1.165, 1.54) is 24.6 Å². The zero-order valence-electron chi connectivity index (χ0n) is 14.0. The first-order chi connectivity index (χ1) is 13.4. The van der Waals surface area contributed by atoms with Gasteiger partial charge in [-0.15, -0.1) is 5.10 Å². The highest BCUT2D eigenvalue weighted by atomic mass is 32.2. The molecule has 0 saturated heterocycles. The van der Waals surface area contributed by atoms with Crippen LogP contribution < -0.4 is 10.7 Å². The lowest BCUT2D eigenvalue weighted by Crippen LogP contribution is -2.14. The van der Waals surface area contributed by atoms with Gasteiger partial charge in [0.1, 0.15) is 5.76 Å². The van der Waals surface area contributed by atoms with E-state index in [1.54, 1.807) is 12.1 Å². The fourth-order valence-corrected chi connectivity index (χ4v) is 2.55. The fraction of sp³-hybridized carbons (Fsp3) is 0.125. The van der Waals surface area contributed by atoms with E-state index in [9.17, 15) is 18.0 Å². The van der Waals surface area contributed by atoms with Crippen LogP contribution in [-0.2, 0) is 11.0 Å². The SMILES string of the molecule is O=C(CSc1n[nH]c(N/N=C\c2ccco2)n1)Nc1ccc(C(F)(F)F)cc1. The summed E-state index contributed by atoms with van der Waals surface area (Å²) in [5.74, 6) is 0.406. The summed E-state index contributed by atoms with van der Waals surface area (Å²) in [6.45, 7) is 0. The van der Waals surface area contributed by atoms with E-state index in [-0.39, 0.29) is 17.4 Å². The van der Waals surface area contributed by atoms with Crippen molar-refractivity contribution in [1.29, 1.82) is 0 Å². The molecule has 0 aliphatic carbocycles. The number of hydrogen-bond donors (Lipinski definition) is 3. The predicted molar refractivity (Wildman–Crippen MR) is 97.1 cm³/mol. The number of rotatable bonds is 7. The number of aromatic amines is 1. The number of carbonyl (C=O) groups is 1. The van der Waals surface area contributed by atoms with Crippen LogP contribution in [0.25, 0.3) is 0 Å². The molecule has 12 heteroatoms. The van der Waals surface area contributed by atoms with Crippen LogP contribution in [0, 0.1) is 0 Å². The molecule has 3 N–H and O–H groups in total. The van der Waals surface area contributed by atoms with Crippen LogP contribution >= 0.6 is 11.8 Å². The number of carbonyl (C=O) groups excluding carboxylic acids is 1. The third-order valence-electron chi connectivity index (χ3n) is 3.20. The number of hydrogen-bond acceptors (Lipinski definition) is 7. The van der Waals surface area contributed by atoms with Crippen LogP contribution in [0.3, 0.4) is 0 Å². The first-order valence-electron chi connectivity index (χ1n) is 7.75. The van der Waals surface area contributed by atoms with Crippen molar-refractivity contribution in [3.63, 3.8) is 0 Å². The second-order valence-electron chi connectivity index (χ2n) is 5.26. The Bertz CT molecular complexity index is 938. The third kappa shape index (κ3) is 5.61. The number of nitrogens with one attached hydrogen (secondary N) is 3. The standard InChI is InChI=1S/C16H13F3N6O2S/c17-16(18,19)10-3-5-11(6-4-10)21-13(26)9-28-15-22-14(24-25-15)23-20-8-12-2-1-7-27-12/h1-8H,9H2,(H,21,26)(H2,22,23,24,25)/b20-8-. The Kier molecular flexibility index (Phi) is 5.99. The highest BCUT2D eigenvalue weighted by molar-refractivity contribution is 7.99. The molecule has 2 aromatic heterocycles. The summed E-state index contributed by atoms with van der Waals surface area (Å²) in [7, 11) is 0. The largest absolute Gasteiger partial charge is 0.463 e. The topological polar surface area (TPSA) is 108 Å². The van der Waals surface area contributed by atoms with Crippen LogP contribution in [0.5, 0.6) is 0 Å². The molecule has 0 aliphatic heterocycles. The van der Waals surface area contributed by atoms with Gasteiger partial charge in [-0.2, -0.15) is 23.3 Å². The molecule has 28 heavy (non-hydrogen) atoms. The molecule has 1 amide bonds. The van der Waals surface area contributed by atoms with Crippen LogP contribution in [0.1, 0.15) is 11.3 Å². The smallest absolute Gasteiger partial charge is 0.416 e. The van der Waals surface area contributed by atoms with Gasteiger partial charge in [-0.05, 0) is 36.4 Å². The van der Waals surface area contributed by atoms with Crippen LogP contribution in [0.4, 0.5) is 24.8 Å². The Labute approximate surface area is 160 Å². The van der Waals surface area contributed by atoms with E-state index in [0.29, 0.717) is 10.9 Å². The van der Waals surface area contributed by atoms with Gasteiger partial charge in [0.2, 0.25) is 17.0 Å². The summed E-state index contributed by atoms with van der Waals surface area (Å²) in [5, 5.41) is 13.2. The van der Waals surface area contributed by atoms with Crippen molar-refractivity contribution >= 4 is 35.5 Å². The van der Waals surface area contributed by atoms with Gasteiger partial charge < -0.3 is 9.73 Å². The molecule has 0 atom stereocenters. The summed E-state index contributed by atoms with van der Waals surface area (Å²) >= 11 is 1.05. The van der Waals surface area contributed by atoms with Gasteiger partial charge in [-0.3, -0.25) is 4.79 Å². The summed E-state index contributed by atoms with van der Waals surface area (Å²) in [6, 6.07) is 7.63. The van der Waals surface area contributed by atoms with Crippen molar-refractivity contribution in [3.8, 4) is 0 Å². The van der Waals surface area contributed by atoms with E-state index < -0.39 is 17.6 Å². The zero-order valence-corrected chi connectivity index (χ0v) is 14.8. The number of aromatic nitrogens is 3. The number of alkyl halides is 3. The first kappa shape index (κ1) is 19.5. The maximum absolute atomic E-state index is 12.5. The molecule has 0 spiro atoms. The second-order valence-corrected chi connectivity index (χ2v) is 6.21. The van der Waals surface area contributed by atoms with E-state index in [2.05, 4.69) is 31.0 Å². The molecule has 8 nitrogen and oxygen atoms in total. The van der Waals surface area contributed by atoms with Crippen molar-refractivity contribution < 1.29 is 22.4 Å². The van der Waals surface area contributed by atoms with E-state index >= 15 is 0 Å². The predicted octanol–water partition coefficient (Wildman–Crippen LogP) is 3.59. The van der Waals surface area contributed by atoms with E-state index in [1.807, 2.05) is 0 Å². The molecule has 2 heterocycles. The van der Waals surface area contributed by atoms with Gasteiger partial charge in [-0.25, -0.2) is 10.5 Å². The first-order valence-corrected chi connectivity index (χ1v) is 8.73. The summed E-state index contributed by atoms with van der Waals surface area (Å²) in [5.41, 5.74) is 2.11. The minimum Gasteiger partial charge on any atom is -0.463 e. The van der Waals surface area contributed by atoms with Crippen molar-refractivity contribution in [3.05, 3.63) is 54.0 Å². The number of H-pyrrole nitrogens is 1. The van der Waals surface area contributed by atoms with E-state index in [4.69, 9.17) is 4.42 Å². The molecule has 0 saturated carbocycles. The monoisotopic (exact) mass is 410 g/mol. The van der Waals surface area contributed by atoms with Crippen LogP contribution in [0.2, 0.25) is 0 Å². The molecule has 1 aromatic carbocycles. The number of anilines is 2. The van der Waals surface area contributed by atoms with Gasteiger partial charge in [-0.1, -0.05) is 11.8 Å². The van der Waals surface area contributed by atoms with Crippen LogP contribution in [-0.4, -0.2) is 33.1 Å². The Morgan fingerprint density at radius 1 is 1.29 bits per heavy atom. The lowest BCUT2D eigenvalue weighted by atomic mass is 10.2. The molecule has 0 aliphatic rings. The van der Waals surface area contributed by atoms with Gasteiger partial charge in [0.05, 0.1) is 23.8 Å². The number of halogens is 3. The molecule has 3 rings (SSSR count). The van der Waals surface area contributed by atoms with Crippen LogP contribution in [0.15, 0.2) is 57.3 Å².